The first-order valence-electron chi connectivity index (χ1n) is 4.25. The fourth-order valence-electron chi connectivity index (χ4n) is 1.31. The highest BCUT2D eigenvalue weighted by atomic mass is 16.7. The van der Waals surface area contributed by atoms with Crippen molar-refractivity contribution in [2.24, 2.45) is 5.90 Å². The second-order valence-corrected chi connectivity index (χ2v) is 2.81. The van der Waals surface area contributed by atoms with E-state index in [2.05, 4.69) is 4.84 Å². The third-order valence-corrected chi connectivity index (χ3v) is 2.01. The molecule has 3 nitrogen and oxygen atoms in total. The lowest BCUT2D eigenvalue weighted by Crippen LogP contribution is -2.18. The van der Waals surface area contributed by atoms with Gasteiger partial charge in [-0.3, -0.25) is 0 Å². The molecule has 0 saturated carbocycles. The van der Waals surface area contributed by atoms with E-state index >= 15 is 0 Å². The molecule has 0 saturated heterocycles. The number of hydrogen-bond acceptors (Lipinski definition) is 3. The molecule has 1 atom stereocenters. The Morgan fingerprint density at radius 3 is 2.54 bits per heavy atom. The van der Waals surface area contributed by atoms with Gasteiger partial charge in [0.1, 0.15) is 0 Å². The minimum Gasteiger partial charge on any atom is -0.373 e. The molecule has 3 heteroatoms. The molecule has 0 aromatic heterocycles. The van der Waals surface area contributed by atoms with Crippen LogP contribution < -0.4 is 5.90 Å². The van der Waals surface area contributed by atoms with Gasteiger partial charge in [-0.1, -0.05) is 37.3 Å². The van der Waals surface area contributed by atoms with Gasteiger partial charge in [-0.15, -0.1) is 0 Å². The zero-order valence-electron chi connectivity index (χ0n) is 7.57. The molecule has 0 fully saturated rings. The molecular weight excluding hydrogens is 166 g/mol. The molecule has 1 aromatic rings. The SMILES string of the molecule is CCC(C(=O)ON)c1ccccc1. The first-order valence-corrected chi connectivity index (χ1v) is 4.25. The number of hydrogen-bond donors (Lipinski definition) is 1. The largest absolute Gasteiger partial charge is 0.373 e. The molecule has 0 heterocycles. The Hall–Kier alpha value is -1.35. The van der Waals surface area contributed by atoms with Crippen LogP contribution in [0.1, 0.15) is 24.8 Å². The van der Waals surface area contributed by atoms with Crippen LogP contribution in [0.2, 0.25) is 0 Å². The van der Waals surface area contributed by atoms with Crippen LogP contribution in [-0.2, 0) is 9.63 Å². The number of rotatable bonds is 3. The van der Waals surface area contributed by atoms with Crippen LogP contribution in [0.15, 0.2) is 30.3 Å². The molecule has 0 aliphatic carbocycles. The Bertz CT molecular complexity index is 272. The Balaban J connectivity index is 2.85. The average Bonchev–Trinajstić information content (AvgIpc) is 2.20. The van der Waals surface area contributed by atoms with E-state index in [9.17, 15) is 4.79 Å². The number of benzene rings is 1. The van der Waals surface area contributed by atoms with E-state index in [1.807, 2.05) is 37.3 Å². The minimum absolute atomic E-state index is 0.244. The van der Waals surface area contributed by atoms with Gasteiger partial charge in [-0.2, -0.15) is 5.90 Å². The number of nitrogens with two attached hydrogens (primary N) is 1. The summed E-state index contributed by atoms with van der Waals surface area (Å²) in [5.41, 5.74) is 0.945. The molecule has 13 heavy (non-hydrogen) atoms. The summed E-state index contributed by atoms with van der Waals surface area (Å²) in [6.45, 7) is 1.93. The van der Waals surface area contributed by atoms with Crippen LogP contribution >= 0.6 is 0 Å². The zero-order valence-corrected chi connectivity index (χ0v) is 7.57. The van der Waals surface area contributed by atoms with Crippen LogP contribution in [0.25, 0.3) is 0 Å². The summed E-state index contributed by atoms with van der Waals surface area (Å²) in [5, 5.41) is 0. The van der Waals surface area contributed by atoms with Crippen molar-refractivity contribution in [1.29, 1.82) is 0 Å². The molecule has 1 unspecified atom stereocenters. The lowest BCUT2D eigenvalue weighted by atomic mass is 9.97. The summed E-state index contributed by atoms with van der Waals surface area (Å²) in [5.74, 6) is 4.21. The van der Waals surface area contributed by atoms with Gasteiger partial charge in [-0.25, -0.2) is 4.79 Å². The van der Waals surface area contributed by atoms with E-state index in [0.29, 0.717) is 6.42 Å². The van der Waals surface area contributed by atoms with E-state index < -0.39 is 0 Å². The predicted molar refractivity (Wildman–Crippen MR) is 49.8 cm³/mol. The van der Waals surface area contributed by atoms with Gasteiger partial charge in [-0.05, 0) is 12.0 Å². The van der Waals surface area contributed by atoms with Crippen molar-refractivity contribution in [1.82, 2.24) is 0 Å². The van der Waals surface area contributed by atoms with Gasteiger partial charge in [0.2, 0.25) is 0 Å². The fraction of sp³-hybridized carbons (Fsp3) is 0.300. The van der Waals surface area contributed by atoms with E-state index in [0.717, 1.165) is 5.56 Å². The van der Waals surface area contributed by atoms with Gasteiger partial charge in [0.05, 0.1) is 5.92 Å². The maximum Gasteiger partial charge on any atom is 0.331 e. The number of carbonyl (C=O) groups excluding carboxylic acids is 1. The molecule has 0 spiro atoms. The average molecular weight is 179 g/mol. The summed E-state index contributed by atoms with van der Waals surface area (Å²) in [4.78, 5) is 15.4. The molecule has 0 amide bonds. The lowest BCUT2D eigenvalue weighted by Gasteiger charge is -2.11. The topological polar surface area (TPSA) is 52.3 Å². The molecule has 1 rings (SSSR count). The smallest absolute Gasteiger partial charge is 0.331 e. The van der Waals surface area contributed by atoms with Crippen LogP contribution in [0, 0.1) is 0 Å². The van der Waals surface area contributed by atoms with Gasteiger partial charge in [0, 0.05) is 0 Å². The van der Waals surface area contributed by atoms with E-state index in [1.54, 1.807) is 0 Å². The highest BCUT2D eigenvalue weighted by Gasteiger charge is 2.18. The second kappa shape index (κ2) is 4.62. The predicted octanol–water partition coefficient (Wildman–Crippen LogP) is 1.60. The first-order chi connectivity index (χ1) is 6.29. The van der Waals surface area contributed by atoms with Gasteiger partial charge >= 0.3 is 5.97 Å². The lowest BCUT2D eigenvalue weighted by molar-refractivity contribution is -0.146. The maximum absolute atomic E-state index is 11.2. The maximum atomic E-state index is 11.2. The molecule has 0 bridgehead atoms. The summed E-state index contributed by atoms with van der Waals surface area (Å²) in [7, 11) is 0. The van der Waals surface area contributed by atoms with Crippen molar-refractivity contribution in [3.8, 4) is 0 Å². The van der Waals surface area contributed by atoms with Crippen molar-refractivity contribution in [3.63, 3.8) is 0 Å². The molecular formula is C10H13NO2. The third-order valence-electron chi connectivity index (χ3n) is 2.01. The van der Waals surface area contributed by atoms with Crippen molar-refractivity contribution >= 4 is 5.97 Å². The van der Waals surface area contributed by atoms with Crippen LogP contribution in [0.5, 0.6) is 0 Å². The van der Waals surface area contributed by atoms with Gasteiger partial charge < -0.3 is 4.84 Å². The summed E-state index contributed by atoms with van der Waals surface area (Å²) < 4.78 is 0. The monoisotopic (exact) mass is 179 g/mol. The fourth-order valence-corrected chi connectivity index (χ4v) is 1.31. The second-order valence-electron chi connectivity index (χ2n) is 2.81. The van der Waals surface area contributed by atoms with Crippen molar-refractivity contribution in [2.75, 3.05) is 0 Å². The number of carbonyl (C=O) groups is 1. The Kier molecular flexibility index (Phi) is 3.46. The highest BCUT2D eigenvalue weighted by Crippen LogP contribution is 2.19. The minimum atomic E-state index is -0.381. The highest BCUT2D eigenvalue weighted by molar-refractivity contribution is 5.77. The van der Waals surface area contributed by atoms with Crippen molar-refractivity contribution in [3.05, 3.63) is 35.9 Å². The summed E-state index contributed by atoms with van der Waals surface area (Å²) in [6.07, 6.45) is 0.694. The normalized spacial score (nSPS) is 12.2. The zero-order chi connectivity index (χ0) is 9.68. The van der Waals surface area contributed by atoms with Gasteiger partial charge in [0.25, 0.3) is 0 Å². The molecule has 70 valence electrons. The van der Waals surface area contributed by atoms with E-state index in [-0.39, 0.29) is 11.9 Å². The van der Waals surface area contributed by atoms with Crippen LogP contribution in [0.4, 0.5) is 0 Å². The van der Waals surface area contributed by atoms with Crippen LogP contribution in [0.3, 0.4) is 0 Å². The van der Waals surface area contributed by atoms with Crippen molar-refractivity contribution in [2.45, 2.75) is 19.3 Å². The molecule has 2 N–H and O–H groups in total. The van der Waals surface area contributed by atoms with E-state index in [1.165, 1.54) is 0 Å². The molecule has 0 aliphatic heterocycles. The standard InChI is InChI=1S/C10H13NO2/c1-2-9(10(12)13-11)8-6-4-3-5-7-8/h3-7,9H,2,11H2,1H3. The summed E-state index contributed by atoms with van der Waals surface area (Å²) >= 11 is 0. The van der Waals surface area contributed by atoms with Gasteiger partial charge in [0.15, 0.2) is 0 Å². The van der Waals surface area contributed by atoms with E-state index in [4.69, 9.17) is 5.90 Å². The molecule has 0 aliphatic rings. The Morgan fingerprint density at radius 2 is 2.08 bits per heavy atom. The first kappa shape index (κ1) is 9.74. The van der Waals surface area contributed by atoms with Crippen LogP contribution in [-0.4, -0.2) is 5.97 Å². The molecule has 0 radical (unpaired) electrons. The molecule has 1 aromatic carbocycles. The quantitative estimate of drug-likeness (QED) is 0.717. The Labute approximate surface area is 77.5 Å². The third kappa shape index (κ3) is 2.29. The summed E-state index contributed by atoms with van der Waals surface area (Å²) in [6, 6.07) is 9.48. The Morgan fingerprint density at radius 1 is 1.46 bits per heavy atom. The van der Waals surface area contributed by atoms with Crippen molar-refractivity contribution < 1.29 is 9.63 Å².